The molecule has 168 valence electrons. The van der Waals surface area contributed by atoms with Gasteiger partial charge in [0.2, 0.25) is 5.91 Å². The molecule has 0 spiro atoms. The van der Waals surface area contributed by atoms with Gasteiger partial charge in [-0.1, -0.05) is 23.9 Å². The first kappa shape index (κ1) is 22.4. The number of amides is 1. The highest BCUT2D eigenvalue weighted by Gasteiger charge is 2.27. The first-order valence-electron chi connectivity index (χ1n) is 10.6. The van der Waals surface area contributed by atoms with E-state index in [4.69, 9.17) is 9.72 Å². The highest BCUT2D eigenvalue weighted by molar-refractivity contribution is 7.99. The number of carbonyl (C=O) groups excluding carboxylic acids is 1. The summed E-state index contributed by atoms with van der Waals surface area (Å²) in [5.41, 5.74) is 2.54. The Balaban J connectivity index is 1.51. The molecule has 1 aromatic carbocycles. The second-order valence-electron chi connectivity index (χ2n) is 7.66. The summed E-state index contributed by atoms with van der Waals surface area (Å²) in [4.78, 5) is 23.9. The van der Waals surface area contributed by atoms with E-state index in [0.29, 0.717) is 24.9 Å². The van der Waals surface area contributed by atoms with Crippen molar-refractivity contribution < 1.29 is 13.9 Å². The molecule has 3 heterocycles. The second kappa shape index (κ2) is 10.7. The van der Waals surface area contributed by atoms with Gasteiger partial charge in [0.1, 0.15) is 12.4 Å². The maximum Gasteiger partial charge on any atom is 0.244 e. The summed E-state index contributed by atoms with van der Waals surface area (Å²) in [5, 5.41) is 4.81. The number of hydrogen-bond donors (Lipinski definition) is 0. The van der Waals surface area contributed by atoms with E-state index in [2.05, 4.69) is 10.1 Å². The molecule has 1 saturated heterocycles. The lowest BCUT2D eigenvalue weighted by Gasteiger charge is -2.32. The molecule has 1 aliphatic rings. The van der Waals surface area contributed by atoms with E-state index in [9.17, 15) is 9.18 Å². The molecule has 0 bridgehead atoms. The van der Waals surface area contributed by atoms with Gasteiger partial charge in [0, 0.05) is 56.0 Å². The molecule has 0 N–H and O–H groups in total. The Morgan fingerprint density at radius 3 is 2.84 bits per heavy atom. The van der Waals surface area contributed by atoms with E-state index in [1.807, 2.05) is 17.0 Å². The van der Waals surface area contributed by atoms with Gasteiger partial charge in [-0.3, -0.25) is 9.48 Å². The lowest BCUT2D eigenvalue weighted by molar-refractivity contribution is -0.133. The fraction of sp³-hybridized carbons (Fsp3) is 0.391. The number of thioether (sulfide) groups is 1. The number of carbonyl (C=O) groups is 1. The molecule has 32 heavy (non-hydrogen) atoms. The van der Waals surface area contributed by atoms with Gasteiger partial charge < -0.3 is 9.64 Å². The summed E-state index contributed by atoms with van der Waals surface area (Å²) in [5.74, 6) is 0.712. The number of benzene rings is 1. The van der Waals surface area contributed by atoms with Gasteiger partial charge in [0.15, 0.2) is 5.16 Å². The summed E-state index contributed by atoms with van der Waals surface area (Å²) in [6.45, 7) is 2.18. The molecule has 2 aromatic heterocycles. The standard InChI is InChI=1S/C23H26FN5O2S/c1-31-12-13-32-23-25-15-20(18-4-2-5-19(24)14-18)22(27-23)17-6-10-28(11-7-17)21(30)16-29-9-3-8-26-29/h2-5,8-9,14-15,17H,6-7,10-13,16H2,1H3. The van der Waals surface area contributed by atoms with Gasteiger partial charge in [-0.15, -0.1) is 0 Å². The lowest BCUT2D eigenvalue weighted by Crippen LogP contribution is -2.40. The predicted octanol–water partition coefficient (Wildman–Crippen LogP) is 3.62. The summed E-state index contributed by atoms with van der Waals surface area (Å²) >= 11 is 1.54. The van der Waals surface area contributed by atoms with E-state index >= 15 is 0 Å². The average molecular weight is 456 g/mol. The van der Waals surface area contributed by atoms with E-state index in [1.54, 1.807) is 48.2 Å². The van der Waals surface area contributed by atoms with Crippen LogP contribution in [0.5, 0.6) is 0 Å². The lowest BCUT2D eigenvalue weighted by atomic mass is 9.89. The minimum atomic E-state index is -0.286. The molecule has 0 unspecified atom stereocenters. The zero-order valence-corrected chi connectivity index (χ0v) is 18.8. The van der Waals surface area contributed by atoms with Crippen LogP contribution in [0.25, 0.3) is 11.1 Å². The Kier molecular flexibility index (Phi) is 7.49. The van der Waals surface area contributed by atoms with Crippen LogP contribution in [-0.2, 0) is 16.1 Å². The maximum atomic E-state index is 13.9. The SMILES string of the molecule is COCCSc1ncc(-c2cccc(F)c2)c(C2CCN(C(=O)Cn3cccn3)CC2)n1. The van der Waals surface area contributed by atoms with Crippen molar-refractivity contribution in [2.75, 3.05) is 32.6 Å². The number of aromatic nitrogens is 4. The van der Waals surface area contributed by atoms with Crippen LogP contribution in [0, 0.1) is 5.82 Å². The topological polar surface area (TPSA) is 73.1 Å². The van der Waals surface area contributed by atoms with Crippen LogP contribution in [0.1, 0.15) is 24.5 Å². The van der Waals surface area contributed by atoms with Crippen molar-refractivity contribution in [1.29, 1.82) is 0 Å². The molecular weight excluding hydrogens is 429 g/mol. The first-order valence-corrected chi connectivity index (χ1v) is 11.6. The van der Waals surface area contributed by atoms with E-state index in [0.717, 1.165) is 35.4 Å². The Morgan fingerprint density at radius 2 is 2.12 bits per heavy atom. The zero-order chi connectivity index (χ0) is 22.3. The summed E-state index contributed by atoms with van der Waals surface area (Å²) in [7, 11) is 1.67. The molecule has 4 rings (SSSR count). The van der Waals surface area contributed by atoms with Crippen molar-refractivity contribution in [3.63, 3.8) is 0 Å². The normalized spacial score (nSPS) is 14.6. The second-order valence-corrected chi connectivity index (χ2v) is 8.72. The van der Waals surface area contributed by atoms with Gasteiger partial charge >= 0.3 is 0 Å². The van der Waals surface area contributed by atoms with Crippen LogP contribution in [0.15, 0.2) is 54.1 Å². The van der Waals surface area contributed by atoms with Gasteiger partial charge in [-0.2, -0.15) is 5.10 Å². The zero-order valence-electron chi connectivity index (χ0n) is 18.0. The van der Waals surface area contributed by atoms with Gasteiger partial charge in [0.25, 0.3) is 0 Å². The fourth-order valence-corrected chi connectivity index (χ4v) is 4.61. The molecule has 9 heteroatoms. The van der Waals surface area contributed by atoms with Crippen LogP contribution >= 0.6 is 11.8 Å². The molecule has 0 aliphatic carbocycles. The Labute approximate surface area is 191 Å². The third-order valence-corrected chi connectivity index (χ3v) is 6.37. The maximum absolute atomic E-state index is 13.9. The number of likely N-dealkylation sites (tertiary alicyclic amines) is 1. The number of ether oxygens (including phenoxy) is 1. The summed E-state index contributed by atoms with van der Waals surface area (Å²) < 4.78 is 20.7. The van der Waals surface area contributed by atoms with Crippen molar-refractivity contribution in [2.45, 2.75) is 30.5 Å². The van der Waals surface area contributed by atoms with Crippen molar-refractivity contribution in [2.24, 2.45) is 0 Å². The molecule has 0 radical (unpaired) electrons. The molecule has 1 aliphatic heterocycles. The molecule has 0 saturated carbocycles. The third kappa shape index (κ3) is 5.52. The predicted molar refractivity (Wildman–Crippen MR) is 121 cm³/mol. The van der Waals surface area contributed by atoms with Crippen molar-refractivity contribution in [3.8, 4) is 11.1 Å². The van der Waals surface area contributed by atoms with E-state index in [-0.39, 0.29) is 24.2 Å². The molecule has 1 fully saturated rings. The quantitative estimate of drug-likeness (QED) is 0.293. The Hall–Kier alpha value is -2.78. The summed E-state index contributed by atoms with van der Waals surface area (Å²) in [6.07, 6.45) is 6.85. The van der Waals surface area contributed by atoms with Crippen molar-refractivity contribution in [3.05, 3.63) is 60.4 Å². The molecule has 7 nitrogen and oxygen atoms in total. The Bertz CT molecular complexity index is 1040. The van der Waals surface area contributed by atoms with Crippen molar-refractivity contribution >= 4 is 17.7 Å². The number of methoxy groups -OCH3 is 1. The van der Waals surface area contributed by atoms with E-state index < -0.39 is 0 Å². The smallest absolute Gasteiger partial charge is 0.244 e. The van der Waals surface area contributed by atoms with Crippen LogP contribution in [0.4, 0.5) is 4.39 Å². The highest BCUT2D eigenvalue weighted by atomic mass is 32.2. The average Bonchev–Trinajstić information content (AvgIpc) is 3.32. The minimum absolute atomic E-state index is 0.0657. The number of nitrogens with zero attached hydrogens (tertiary/aromatic N) is 5. The van der Waals surface area contributed by atoms with E-state index in [1.165, 1.54) is 12.1 Å². The van der Waals surface area contributed by atoms with Crippen molar-refractivity contribution in [1.82, 2.24) is 24.6 Å². The van der Waals surface area contributed by atoms with Crippen LogP contribution in [-0.4, -0.2) is 63.1 Å². The Morgan fingerprint density at radius 1 is 1.28 bits per heavy atom. The monoisotopic (exact) mass is 455 g/mol. The largest absolute Gasteiger partial charge is 0.384 e. The fourth-order valence-electron chi connectivity index (χ4n) is 3.89. The number of piperidine rings is 1. The highest BCUT2D eigenvalue weighted by Crippen LogP contribution is 2.35. The summed E-state index contributed by atoms with van der Waals surface area (Å²) in [6, 6.07) is 8.34. The molecular formula is C23H26FN5O2S. The first-order chi connectivity index (χ1) is 15.6. The third-order valence-electron chi connectivity index (χ3n) is 5.54. The van der Waals surface area contributed by atoms with Gasteiger partial charge in [0.05, 0.1) is 12.3 Å². The van der Waals surface area contributed by atoms with Crippen LogP contribution in [0.3, 0.4) is 0 Å². The number of hydrogen-bond acceptors (Lipinski definition) is 6. The molecule has 3 aromatic rings. The number of halogens is 1. The number of rotatable bonds is 8. The molecule has 0 atom stereocenters. The minimum Gasteiger partial charge on any atom is -0.384 e. The molecule has 1 amide bonds. The van der Waals surface area contributed by atoms with Crippen LogP contribution < -0.4 is 0 Å². The van der Waals surface area contributed by atoms with Crippen LogP contribution in [0.2, 0.25) is 0 Å². The van der Waals surface area contributed by atoms with Gasteiger partial charge in [-0.05, 0) is 36.6 Å². The van der Waals surface area contributed by atoms with Gasteiger partial charge in [-0.25, -0.2) is 14.4 Å².